The molecule has 2 aliphatic rings. The van der Waals surface area contributed by atoms with Crippen molar-refractivity contribution in [2.24, 2.45) is 0 Å². The summed E-state index contributed by atoms with van der Waals surface area (Å²) in [7, 11) is 0. The van der Waals surface area contributed by atoms with Crippen LogP contribution in [0.5, 0.6) is 5.75 Å². The first-order valence-electron chi connectivity index (χ1n) is 14.9. The molecule has 3 heterocycles. The largest absolute Gasteiger partial charge is 0.551 e. The lowest BCUT2D eigenvalue weighted by Gasteiger charge is -2.40. The highest BCUT2D eigenvalue weighted by Crippen LogP contribution is 2.48. The SMILES string of the molecule is CC(C)(C)c1ccc(N2c3ccc(C(C)(C)C)cc3B3Oc4ccccc4-c4cc5c(oc6ccccc65)c2c43)cc1. The van der Waals surface area contributed by atoms with Gasteiger partial charge in [-0.25, -0.2) is 0 Å². The molecule has 6 aromatic rings. The maximum absolute atomic E-state index is 6.94. The van der Waals surface area contributed by atoms with Crippen LogP contribution in [-0.2, 0) is 10.8 Å². The Morgan fingerprint density at radius 2 is 1.33 bits per heavy atom. The van der Waals surface area contributed by atoms with Gasteiger partial charge in [-0.15, -0.1) is 0 Å². The zero-order valence-corrected chi connectivity index (χ0v) is 25.1. The summed E-state index contributed by atoms with van der Waals surface area (Å²) in [5.74, 6) is 0.920. The van der Waals surface area contributed by atoms with Gasteiger partial charge in [0.15, 0.2) is 5.58 Å². The highest BCUT2D eigenvalue weighted by atomic mass is 16.4. The van der Waals surface area contributed by atoms with Gasteiger partial charge in [-0.1, -0.05) is 102 Å². The van der Waals surface area contributed by atoms with Crippen molar-refractivity contribution in [3.8, 4) is 16.9 Å². The Morgan fingerprint density at radius 3 is 2.10 bits per heavy atom. The predicted octanol–water partition coefficient (Wildman–Crippen LogP) is 9.13. The molecule has 5 aromatic carbocycles. The zero-order chi connectivity index (χ0) is 29.0. The van der Waals surface area contributed by atoms with Crippen LogP contribution in [0.1, 0.15) is 52.7 Å². The van der Waals surface area contributed by atoms with Crippen molar-refractivity contribution in [1.82, 2.24) is 0 Å². The molecular formula is C38H34BNO2. The van der Waals surface area contributed by atoms with Crippen LogP contribution in [0.4, 0.5) is 17.1 Å². The van der Waals surface area contributed by atoms with Gasteiger partial charge in [0.25, 0.3) is 0 Å². The van der Waals surface area contributed by atoms with E-state index >= 15 is 0 Å². The third kappa shape index (κ3) is 3.61. The van der Waals surface area contributed by atoms with Gasteiger partial charge >= 0.3 is 6.92 Å². The van der Waals surface area contributed by atoms with Crippen molar-refractivity contribution in [1.29, 1.82) is 0 Å². The smallest absolute Gasteiger partial charge is 0.431 e. The Bertz CT molecular complexity index is 2040. The van der Waals surface area contributed by atoms with Crippen LogP contribution < -0.4 is 20.5 Å². The normalized spacial score (nSPS) is 14.0. The molecule has 0 saturated carbocycles. The van der Waals surface area contributed by atoms with E-state index in [0.717, 1.165) is 50.3 Å². The number of anilines is 3. The van der Waals surface area contributed by atoms with Crippen molar-refractivity contribution < 1.29 is 9.07 Å². The van der Waals surface area contributed by atoms with Gasteiger partial charge in [-0.05, 0) is 69.4 Å². The van der Waals surface area contributed by atoms with Crippen LogP contribution in [0, 0.1) is 0 Å². The van der Waals surface area contributed by atoms with E-state index in [1.165, 1.54) is 27.6 Å². The Morgan fingerprint density at radius 1 is 0.643 bits per heavy atom. The average molecular weight is 548 g/mol. The van der Waals surface area contributed by atoms with Gasteiger partial charge in [0.2, 0.25) is 0 Å². The van der Waals surface area contributed by atoms with Gasteiger partial charge in [0.1, 0.15) is 11.3 Å². The lowest BCUT2D eigenvalue weighted by Crippen LogP contribution is -2.56. The molecule has 3 nitrogen and oxygen atoms in total. The lowest BCUT2D eigenvalue weighted by molar-refractivity contribution is 0.585. The van der Waals surface area contributed by atoms with Gasteiger partial charge in [0, 0.05) is 33.2 Å². The van der Waals surface area contributed by atoms with Crippen LogP contribution >= 0.6 is 0 Å². The third-order valence-corrected chi connectivity index (χ3v) is 9.00. The van der Waals surface area contributed by atoms with E-state index in [4.69, 9.17) is 9.07 Å². The van der Waals surface area contributed by atoms with Crippen LogP contribution in [-0.4, -0.2) is 6.92 Å². The number of rotatable bonds is 1. The predicted molar refractivity (Wildman–Crippen MR) is 177 cm³/mol. The molecule has 1 aromatic heterocycles. The summed E-state index contributed by atoms with van der Waals surface area (Å²) in [5, 5.41) is 2.25. The first-order valence-corrected chi connectivity index (χ1v) is 14.9. The van der Waals surface area contributed by atoms with Crippen LogP contribution in [0.2, 0.25) is 0 Å². The van der Waals surface area contributed by atoms with Crippen molar-refractivity contribution >= 4 is 56.8 Å². The number of fused-ring (bicyclic) bond motifs is 8. The van der Waals surface area contributed by atoms with Gasteiger partial charge in [0.05, 0.1) is 5.69 Å². The van der Waals surface area contributed by atoms with E-state index in [0.29, 0.717) is 0 Å². The number of furan rings is 1. The monoisotopic (exact) mass is 547 g/mol. The number of para-hydroxylation sites is 2. The molecule has 0 radical (unpaired) electrons. The molecule has 0 amide bonds. The van der Waals surface area contributed by atoms with Gasteiger partial charge in [-0.3, -0.25) is 0 Å². The van der Waals surface area contributed by atoms with E-state index in [1.54, 1.807) is 0 Å². The molecule has 42 heavy (non-hydrogen) atoms. The van der Waals surface area contributed by atoms with Crippen molar-refractivity contribution in [2.75, 3.05) is 4.90 Å². The summed E-state index contributed by atoms with van der Waals surface area (Å²) >= 11 is 0. The summed E-state index contributed by atoms with van der Waals surface area (Å²) in [6.07, 6.45) is 0. The minimum Gasteiger partial charge on any atom is -0.551 e. The molecule has 8 rings (SSSR count). The molecule has 206 valence electrons. The lowest BCUT2D eigenvalue weighted by atomic mass is 9.49. The minimum absolute atomic E-state index is 0.00654. The molecule has 0 atom stereocenters. The number of nitrogens with zero attached hydrogens (tertiary/aromatic N) is 1. The quantitative estimate of drug-likeness (QED) is 0.192. The topological polar surface area (TPSA) is 25.6 Å². The molecule has 0 bridgehead atoms. The summed E-state index contributed by atoms with van der Waals surface area (Å²) in [5.41, 5.74) is 12.5. The maximum Gasteiger partial charge on any atom is 0.431 e. The highest BCUT2D eigenvalue weighted by molar-refractivity contribution is 6.86. The first kappa shape index (κ1) is 25.3. The van der Waals surface area contributed by atoms with E-state index in [9.17, 15) is 0 Å². The molecule has 0 aliphatic carbocycles. The summed E-state index contributed by atoms with van der Waals surface area (Å²) in [6.45, 7) is 13.4. The van der Waals surface area contributed by atoms with E-state index < -0.39 is 0 Å². The minimum atomic E-state index is -0.245. The summed E-state index contributed by atoms with van der Waals surface area (Å²) in [6, 6.07) is 35.1. The molecule has 4 heteroatoms. The Balaban J connectivity index is 1.51. The van der Waals surface area contributed by atoms with Crippen LogP contribution in [0.3, 0.4) is 0 Å². The standard InChI is InChI=1S/C38H34BNO2/c1-37(2,3)23-15-18-25(19-16-23)40-31-20-17-24(38(4,5)6)21-30(31)39-34-28(26-11-8-10-14-33(26)42-39)22-29-27-12-7-9-13-32(27)41-36(29)35(34)40/h7-22H,1-6H3. The third-order valence-electron chi connectivity index (χ3n) is 9.00. The Kier molecular flexibility index (Phi) is 5.15. The number of hydrogen-bond acceptors (Lipinski definition) is 3. The molecular weight excluding hydrogens is 513 g/mol. The fourth-order valence-corrected chi connectivity index (χ4v) is 6.70. The number of hydrogen-bond donors (Lipinski definition) is 0. The molecule has 2 aliphatic heterocycles. The maximum atomic E-state index is 6.94. The van der Waals surface area contributed by atoms with Crippen LogP contribution in [0.15, 0.2) is 101 Å². The molecule has 0 N–H and O–H groups in total. The van der Waals surface area contributed by atoms with Crippen molar-refractivity contribution in [3.63, 3.8) is 0 Å². The molecule has 0 spiro atoms. The van der Waals surface area contributed by atoms with Crippen molar-refractivity contribution in [3.05, 3.63) is 108 Å². The second kappa shape index (κ2) is 8.55. The number of benzene rings is 5. The van der Waals surface area contributed by atoms with Crippen molar-refractivity contribution in [2.45, 2.75) is 52.4 Å². The van der Waals surface area contributed by atoms with E-state index in [-0.39, 0.29) is 17.7 Å². The van der Waals surface area contributed by atoms with Gasteiger partial charge in [-0.2, -0.15) is 0 Å². The first-order chi connectivity index (χ1) is 20.1. The van der Waals surface area contributed by atoms with E-state index in [1.807, 2.05) is 6.07 Å². The molecule has 0 saturated heterocycles. The fourth-order valence-electron chi connectivity index (χ4n) is 6.70. The van der Waals surface area contributed by atoms with E-state index in [2.05, 4.69) is 137 Å². The Hall–Kier alpha value is -4.44. The average Bonchev–Trinajstić information content (AvgIpc) is 3.35. The summed E-state index contributed by atoms with van der Waals surface area (Å²) < 4.78 is 13.7. The van der Waals surface area contributed by atoms with Crippen LogP contribution in [0.25, 0.3) is 33.1 Å². The Labute approximate surface area is 247 Å². The zero-order valence-electron chi connectivity index (χ0n) is 25.1. The van der Waals surface area contributed by atoms with Gasteiger partial charge < -0.3 is 14.0 Å². The molecule has 0 fully saturated rings. The second-order valence-electron chi connectivity index (χ2n) is 13.8. The second-order valence-corrected chi connectivity index (χ2v) is 13.8. The highest BCUT2D eigenvalue weighted by Gasteiger charge is 2.44. The summed E-state index contributed by atoms with van der Waals surface area (Å²) in [4.78, 5) is 2.41. The fraction of sp³-hybridized carbons (Fsp3) is 0.211. The molecule has 0 unspecified atom stereocenters.